The van der Waals surface area contributed by atoms with E-state index in [0.717, 1.165) is 41.6 Å². The van der Waals surface area contributed by atoms with Crippen LogP contribution in [0.4, 0.5) is 5.13 Å². The summed E-state index contributed by atoms with van der Waals surface area (Å²) >= 11 is 1.48. The molecular formula is C16H15N3OS. The Morgan fingerprint density at radius 1 is 1.24 bits per heavy atom. The van der Waals surface area contributed by atoms with Crippen LogP contribution in [-0.2, 0) is 12.8 Å². The number of nitrogens with zero attached hydrogens (tertiary/aromatic N) is 2. The molecule has 0 spiro atoms. The first-order valence-corrected chi connectivity index (χ1v) is 7.85. The maximum absolute atomic E-state index is 5.83. The van der Waals surface area contributed by atoms with Crippen LogP contribution in [0.1, 0.15) is 17.7 Å². The van der Waals surface area contributed by atoms with Gasteiger partial charge in [-0.3, -0.25) is 0 Å². The Bertz CT molecular complexity index is 841. The summed E-state index contributed by atoms with van der Waals surface area (Å²) in [5, 5.41) is 3.73. The third-order valence-electron chi connectivity index (χ3n) is 4.00. The summed E-state index contributed by atoms with van der Waals surface area (Å²) in [4.78, 5) is 9.33. The number of para-hydroxylation sites is 1. The number of hydrogen-bond acceptors (Lipinski definition) is 5. The minimum Gasteiger partial charge on any atom is -0.494 e. The van der Waals surface area contributed by atoms with Crippen LogP contribution >= 0.6 is 11.3 Å². The molecule has 2 N–H and O–H groups in total. The summed E-state index contributed by atoms with van der Waals surface area (Å²) in [5.41, 5.74) is 11.4. The van der Waals surface area contributed by atoms with E-state index in [2.05, 4.69) is 11.1 Å². The summed E-state index contributed by atoms with van der Waals surface area (Å²) in [6.07, 6.45) is 3.23. The fourth-order valence-electron chi connectivity index (χ4n) is 3.12. The lowest BCUT2D eigenvalue weighted by Gasteiger charge is -2.12. The number of thiazole rings is 1. The number of anilines is 1. The molecule has 4 rings (SSSR count). The Balaban J connectivity index is 2.12. The molecule has 0 radical (unpaired) electrons. The molecule has 0 aliphatic heterocycles. The summed E-state index contributed by atoms with van der Waals surface area (Å²) < 4.78 is 5.48. The predicted molar refractivity (Wildman–Crippen MR) is 85.8 cm³/mol. The van der Waals surface area contributed by atoms with Gasteiger partial charge in [0.25, 0.3) is 0 Å². The number of pyridine rings is 1. The van der Waals surface area contributed by atoms with Crippen molar-refractivity contribution in [1.29, 1.82) is 0 Å². The molecule has 3 aromatic rings. The number of nitrogen functional groups attached to an aromatic ring is 1. The zero-order valence-electron chi connectivity index (χ0n) is 11.7. The third-order valence-corrected chi connectivity index (χ3v) is 4.68. The lowest BCUT2D eigenvalue weighted by molar-refractivity contribution is 0.419. The molecule has 1 aliphatic rings. The van der Waals surface area contributed by atoms with Crippen LogP contribution in [0.5, 0.6) is 5.75 Å². The highest BCUT2D eigenvalue weighted by Gasteiger charge is 2.23. The maximum Gasteiger partial charge on any atom is 0.180 e. The summed E-state index contributed by atoms with van der Waals surface area (Å²) in [6, 6.07) is 6.05. The standard InChI is InChI=1S/C16H15N3OS/c1-20-13-7-3-5-10-14(12-8-21-16(17)19-12)9-4-2-6-11(9)18-15(10)13/h3,5,7-8H,2,4,6H2,1H3,(H2,17,19). The van der Waals surface area contributed by atoms with E-state index in [1.54, 1.807) is 7.11 Å². The van der Waals surface area contributed by atoms with E-state index >= 15 is 0 Å². The van der Waals surface area contributed by atoms with Gasteiger partial charge in [0.05, 0.1) is 12.8 Å². The fraction of sp³-hybridized carbons (Fsp3) is 0.250. The highest BCUT2D eigenvalue weighted by molar-refractivity contribution is 7.13. The van der Waals surface area contributed by atoms with Crippen molar-refractivity contribution in [3.63, 3.8) is 0 Å². The minimum atomic E-state index is 0.601. The van der Waals surface area contributed by atoms with E-state index in [4.69, 9.17) is 15.5 Å². The summed E-state index contributed by atoms with van der Waals surface area (Å²) in [6.45, 7) is 0. The topological polar surface area (TPSA) is 61.0 Å². The van der Waals surface area contributed by atoms with Gasteiger partial charge >= 0.3 is 0 Å². The van der Waals surface area contributed by atoms with Gasteiger partial charge in [-0.15, -0.1) is 11.3 Å². The molecule has 0 fully saturated rings. The van der Waals surface area contributed by atoms with Crippen molar-refractivity contribution in [1.82, 2.24) is 9.97 Å². The Kier molecular flexibility index (Phi) is 2.82. The lowest BCUT2D eigenvalue weighted by Crippen LogP contribution is -1.98. The van der Waals surface area contributed by atoms with Crippen molar-refractivity contribution in [2.24, 2.45) is 0 Å². The van der Waals surface area contributed by atoms with Gasteiger partial charge < -0.3 is 10.5 Å². The van der Waals surface area contributed by atoms with Crippen LogP contribution < -0.4 is 10.5 Å². The molecule has 0 saturated carbocycles. The quantitative estimate of drug-likeness (QED) is 0.787. The molecule has 0 atom stereocenters. The number of aryl methyl sites for hydroxylation is 1. The molecule has 0 unspecified atom stereocenters. The van der Waals surface area contributed by atoms with E-state index < -0.39 is 0 Å². The number of hydrogen-bond donors (Lipinski definition) is 1. The number of benzene rings is 1. The number of fused-ring (bicyclic) bond motifs is 2. The largest absolute Gasteiger partial charge is 0.494 e. The first kappa shape index (κ1) is 12.6. The Labute approximate surface area is 126 Å². The second kappa shape index (κ2) is 4.70. The first-order valence-electron chi connectivity index (χ1n) is 6.98. The van der Waals surface area contributed by atoms with Gasteiger partial charge in [-0.2, -0.15) is 0 Å². The Morgan fingerprint density at radius 3 is 2.90 bits per heavy atom. The molecule has 0 amide bonds. The number of aromatic nitrogens is 2. The summed E-state index contributed by atoms with van der Waals surface area (Å²) in [7, 11) is 1.68. The van der Waals surface area contributed by atoms with Gasteiger partial charge in [0.2, 0.25) is 0 Å². The van der Waals surface area contributed by atoms with Crippen molar-refractivity contribution < 1.29 is 4.74 Å². The zero-order chi connectivity index (χ0) is 14.4. The highest BCUT2D eigenvalue weighted by atomic mass is 32.1. The highest BCUT2D eigenvalue weighted by Crippen LogP contribution is 2.40. The fourth-order valence-corrected chi connectivity index (χ4v) is 3.67. The predicted octanol–water partition coefficient (Wildman–Crippen LogP) is 3.44. The Morgan fingerprint density at radius 2 is 2.14 bits per heavy atom. The van der Waals surface area contributed by atoms with Gasteiger partial charge in [0, 0.05) is 22.0 Å². The van der Waals surface area contributed by atoms with E-state index in [-0.39, 0.29) is 0 Å². The molecule has 0 saturated heterocycles. The van der Waals surface area contributed by atoms with Crippen molar-refractivity contribution in [3.8, 4) is 17.0 Å². The molecule has 21 heavy (non-hydrogen) atoms. The van der Waals surface area contributed by atoms with Crippen LogP contribution in [0.15, 0.2) is 23.6 Å². The number of rotatable bonds is 2. The molecule has 2 aromatic heterocycles. The van der Waals surface area contributed by atoms with Crippen LogP contribution in [0, 0.1) is 0 Å². The van der Waals surface area contributed by atoms with Crippen molar-refractivity contribution in [2.45, 2.75) is 19.3 Å². The molecule has 106 valence electrons. The average Bonchev–Trinajstić information content (AvgIpc) is 3.12. The van der Waals surface area contributed by atoms with E-state index in [0.29, 0.717) is 5.13 Å². The van der Waals surface area contributed by atoms with E-state index in [1.165, 1.54) is 28.2 Å². The number of methoxy groups -OCH3 is 1. The molecule has 0 bridgehead atoms. The maximum atomic E-state index is 5.83. The first-order chi connectivity index (χ1) is 10.3. The average molecular weight is 297 g/mol. The smallest absolute Gasteiger partial charge is 0.180 e. The van der Waals surface area contributed by atoms with Crippen LogP contribution in [0.2, 0.25) is 0 Å². The molecule has 1 aliphatic carbocycles. The zero-order valence-corrected chi connectivity index (χ0v) is 12.5. The second-order valence-electron chi connectivity index (χ2n) is 5.19. The van der Waals surface area contributed by atoms with Gasteiger partial charge in [-0.25, -0.2) is 9.97 Å². The van der Waals surface area contributed by atoms with E-state index in [1.807, 2.05) is 17.5 Å². The number of nitrogens with two attached hydrogens (primary N) is 1. The molecule has 5 heteroatoms. The normalized spacial score (nSPS) is 13.6. The monoisotopic (exact) mass is 297 g/mol. The second-order valence-corrected chi connectivity index (χ2v) is 6.08. The molecular weight excluding hydrogens is 282 g/mol. The van der Waals surface area contributed by atoms with Crippen molar-refractivity contribution in [3.05, 3.63) is 34.8 Å². The van der Waals surface area contributed by atoms with Crippen LogP contribution in [0.3, 0.4) is 0 Å². The molecule has 4 nitrogen and oxygen atoms in total. The molecule has 2 heterocycles. The molecule has 1 aromatic carbocycles. The van der Waals surface area contributed by atoms with E-state index in [9.17, 15) is 0 Å². The minimum absolute atomic E-state index is 0.601. The van der Waals surface area contributed by atoms with Gasteiger partial charge in [0.15, 0.2) is 5.13 Å². The van der Waals surface area contributed by atoms with Crippen LogP contribution in [-0.4, -0.2) is 17.1 Å². The number of ether oxygens (including phenoxy) is 1. The Hall–Kier alpha value is -2.14. The van der Waals surface area contributed by atoms with Crippen molar-refractivity contribution in [2.75, 3.05) is 12.8 Å². The van der Waals surface area contributed by atoms with Gasteiger partial charge in [-0.1, -0.05) is 12.1 Å². The van der Waals surface area contributed by atoms with Crippen LogP contribution in [0.25, 0.3) is 22.2 Å². The van der Waals surface area contributed by atoms with Gasteiger partial charge in [-0.05, 0) is 30.9 Å². The third kappa shape index (κ3) is 1.88. The van der Waals surface area contributed by atoms with Crippen molar-refractivity contribution >= 4 is 27.4 Å². The lowest BCUT2D eigenvalue weighted by atomic mass is 9.99. The summed E-state index contributed by atoms with van der Waals surface area (Å²) in [5.74, 6) is 0.812. The van der Waals surface area contributed by atoms with Gasteiger partial charge in [0.1, 0.15) is 11.3 Å². The SMILES string of the molecule is COc1cccc2c(-c3csc(N)n3)c3c(nc12)CCC3.